The summed E-state index contributed by atoms with van der Waals surface area (Å²) in [5.41, 5.74) is 3.86. The summed E-state index contributed by atoms with van der Waals surface area (Å²) in [5, 5.41) is 1.40. The molecule has 2 aromatic rings. The number of morpholine rings is 1. The van der Waals surface area contributed by atoms with Gasteiger partial charge in [0.1, 0.15) is 0 Å². The monoisotopic (exact) mass is 411 g/mol. The Kier molecular flexibility index (Phi) is 6.53. The fourth-order valence-corrected chi connectivity index (χ4v) is 5.31. The molecule has 1 aromatic heterocycles. The maximum atomic E-state index is 13.4. The van der Waals surface area contributed by atoms with Crippen molar-refractivity contribution in [3.8, 4) is 0 Å². The number of likely N-dealkylation sites (tertiary alicyclic amines) is 1. The van der Waals surface area contributed by atoms with Crippen LogP contribution in [0.2, 0.25) is 0 Å². The average Bonchev–Trinajstić information content (AvgIpc) is 3.13. The predicted molar refractivity (Wildman–Crippen MR) is 116 cm³/mol. The fraction of sp³-hybridized carbons (Fsp3) is 0.478. The zero-order valence-electron chi connectivity index (χ0n) is 17.2. The SMILES string of the molecule is Cc1ccc(C)c(CN2C[C@@H](Sc3ccccn3)C[C@H]2C(=O)N2CCOCC2)c1. The van der Waals surface area contributed by atoms with Crippen molar-refractivity contribution in [2.75, 3.05) is 32.8 Å². The van der Waals surface area contributed by atoms with Gasteiger partial charge in [-0.25, -0.2) is 4.98 Å². The fourth-order valence-electron chi connectivity index (χ4n) is 4.15. The Morgan fingerprint density at radius 2 is 2.03 bits per heavy atom. The largest absolute Gasteiger partial charge is 0.378 e. The quantitative estimate of drug-likeness (QED) is 0.756. The zero-order valence-corrected chi connectivity index (χ0v) is 18.0. The van der Waals surface area contributed by atoms with E-state index in [9.17, 15) is 4.79 Å². The van der Waals surface area contributed by atoms with E-state index in [4.69, 9.17) is 4.74 Å². The van der Waals surface area contributed by atoms with Gasteiger partial charge in [0.05, 0.1) is 24.3 Å². The molecule has 4 rings (SSSR count). The van der Waals surface area contributed by atoms with Crippen LogP contribution in [0.3, 0.4) is 0 Å². The van der Waals surface area contributed by atoms with Crippen molar-refractivity contribution in [2.45, 2.75) is 43.1 Å². The second-order valence-corrected chi connectivity index (χ2v) is 9.28. The summed E-state index contributed by atoms with van der Waals surface area (Å²) in [4.78, 5) is 22.2. The Balaban J connectivity index is 1.53. The van der Waals surface area contributed by atoms with Gasteiger partial charge in [-0.05, 0) is 43.5 Å². The molecular formula is C23H29N3O2S. The molecule has 0 bridgehead atoms. The molecule has 2 fully saturated rings. The summed E-state index contributed by atoms with van der Waals surface area (Å²) in [6.45, 7) is 8.67. The highest BCUT2D eigenvalue weighted by molar-refractivity contribution is 7.99. The first-order chi connectivity index (χ1) is 14.1. The second kappa shape index (κ2) is 9.28. The van der Waals surface area contributed by atoms with Gasteiger partial charge in [-0.15, -0.1) is 11.8 Å². The number of aromatic nitrogens is 1. The zero-order chi connectivity index (χ0) is 20.2. The van der Waals surface area contributed by atoms with E-state index in [0.717, 1.165) is 24.5 Å². The number of hydrogen-bond donors (Lipinski definition) is 0. The number of pyridine rings is 1. The smallest absolute Gasteiger partial charge is 0.240 e. The minimum atomic E-state index is -0.0748. The van der Waals surface area contributed by atoms with Crippen molar-refractivity contribution < 1.29 is 9.53 Å². The van der Waals surface area contributed by atoms with Gasteiger partial charge in [0, 0.05) is 37.6 Å². The van der Waals surface area contributed by atoms with Gasteiger partial charge in [0.2, 0.25) is 5.91 Å². The number of ether oxygens (including phenoxy) is 1. The number of carbonyl (C=O) groups is 1. The van der Waals surface area contributed by atoms with Crippen LogP contribution in [0.25, 0.3) is 0 Å². The van der Waals surface area contributed by atoms with E-state index in [0.29, 0.717) is 31.6 Å². The van der Waals surface area contributed by atoms with Crippen molar-refractivity contribution >= 4 is 17.7 Å². The highest BCUT2D eigenvalue weighted by atomic mass is 32.2. The van der Waals surface area contributed by atoms with E-state index in [2.05, 4.69) is 48.0 Å². The number of nitrogens with zero attached hydrogens (tertiary/aromatic N) is 3. The van der Waals surface area contributed by atoms with E-state index in [1.54, 1.807) is 11.8 Å². The minimum absolute atomic E-state index is 0.0748. The molecule has 2 saturated heterocycles. The number of rotatable bonds is 5. The van der Waals surface area contributed by atoms with Gasteiger partial charge in [-0.1, -0.05) is 29.8 Å². The normalized spacial score (nSPS) is 22.8. The summed E-state index contributed by atoms with van der Waals surface area (Å²) in [5.74, 6) is 0.253. The molecule has 0 saturated carbocycles. The van der Waals surface area contributed by atoms with Crippen LogP contribution < -0.4 is 0 Å². The molecule has 2 aliphatic heterocycles. The molecule has 154 valence electrons. The molecule has 6 heteroatoms. The summed E-state index contributed by atoms with van der Waals surface area (Å²) >= 11 is 1.79. The van der Waals surface area contributed by atoms with E-state index in [-0.39, 0.29) is 11.9 Å². The third-order valence-electron chi connectivity index (χ3n) is 5.78. The van der Waals surface area contributed by atoms with Crippen molar-refractivity contribution in [1.82, 2.24) is 14.8 Å². The highest BCUT2D eigenvalue weighted by Gasteiger charge is 2.39. The molecule has 0 N–H and O–H groups in total. The van der Waals surface area contributed by atoms with Crippen LogP contribution in [0, 0.1) is 13.8 Å². The molecule has 0 spiro atoms. The van der Waals surface area contributed by atoms with Crippen LogP contribution >= 0.6 is 11.8 Å². The number of carbonyl (C=O) groups excluding carboxylic acids is 1. The molecule has 29 heavy (non-hydrogen) atoms. The molecular weight excluding hydrogens is 382 g/mol. The van der Waals surface area contributed by atoms with Crippen molar-refractivity contribution in [1.29, 1.82) is 0 Å². The van der Waals surface area contributed by atoms with Gasteiger partial charge in [-0.3, -0.25) is 9.69 Å². The van der Waals surface area contributed by atoms with E-state index < -0.39 is 0 Å². The number of benzene rings is 1. The van der Waals surface area contributed by atoms with Crippen LogP contribution in [0.15, 0.2) is 47.6 Å². The maximum absolute atomic E-state index is 13.4. The molecule has 1 aromatic carbocycles. The van der Waals surface area contributed by atoms with E-state index in [1.165, 1.54) is 16.7 Å². The third kappa shape index (κ3) is 5.00. The van der Waals surface area contributed by atoms with Crippen LogP contribution in [-0.2, 0) is 16.1 Å². The molecule has 2 atom stereocenters. The van der Waals surface area contributed by atoms with Gasteiger partial charge in [0.15, 0.2) is 0 Å². The molecule has 0 radical (unpaired) electrons. The van der Waals surface area contributed by atoms with Crippen LogP contribution in [0.5, 0.6) is 0 Å². The van der Waals surface area contributed by atoms with Crippen LogP contribution in [-0.4, -0.2) is 64.8 Å². The predicted octanol–water partition coefficient (Wildman–Crippen LogP) is 3.29. The lowest BCUT2D eigenvalue weighted by Gasteiger charge is -2.32. The molecule has 0 unspecified atom stereocenters. The number of thioether (sulfide) groups is 1. The second-order valence-electron chi connectivity index (χ2n) is 7.96. The van der Waals surface area contributed by atoms with Crippen molar-refractivity contribution in [3.05, 3.63) is 59.3 Å². The van der Waals surface area contributed by atoms with E-state index in [1.807, 2.05) is 23.2 Å². The van der Waals surface area contributed by atoms with E-state index >= 15 is 0 Å². The Morgan fingerprint density at radius 1 is 1.21 bits per heavy atom. The Labute approximate surface area is 177 Å². The number of amides is 1. The molecule has 3 heterocycles. The first-order valence-electron chi connectivity index (χ1n) is 10.3. The number of aryl methyl sites for hydroxylation is 2. The number of hydrogen-bond acceptors (Lipinski definition) is 5. The minimum Gasteiger partial charge on any atom is -0.378 e. The Hall–Kier alpha value is -1.89. The van der Waals surface area contributed by atoms with Crippen molar-refractivity contribution in [2.24, 2.45) is 0 Å². The summed E-state index contributed by atoms with van der Waals surface area (Å²) in [6, 6.07) is 12.5. The van der Waals surface area contributed by atoms with Crippen LogP contribution in [0.4, 0.5) is 0 Å². The van der Waals surface area contributed by atoms with Crippen LogP contribution in [0.1, 0.15) is 23.1 Å². The average molecular weight is 412 g/mol. The Morgan fingerprint density at radius 3 is 2.79 bits per heavy atom. The van der Waals surface area contributed by atoms with Gasteiger partial charge < -0.3 is 9.64 Å². The topological polar surface area (TPSA) is 45.7 Å². The lowest BCUT2D eigenvalue weighted by atomic mass is 10.0. The van der Waals surface area contributed by atoms with Gasteiger partial charge >= 0.3 is 0 Å². The Bertz CT molecular complexity index is 839. The van der Waals surface area contributed by atoms with Gasteiger partial charge in [0.25, 0.3) is 0 Å². The lowest BCUT2D eigenvalue weighted by molar-refractivity contribution is -0.140. The molecule has 1 amide bonds. The third-order valence-corrected chi connectivity index (χ3v) is 6.93. The summed E-state index contributed by atoms with van der Waals surface area (Å²) in [6.07, 6.45) is 2.70. The summed E-state index contributed by atoms with van der Waals surface area (Å²) in [7, 11) is 0. The first kappa shape index (κ1) is 20.4. The highest BCUT2D eigenvalue weighted by Crippen LogP contribution is 2.34. The standard InChI is InChI=1S/C23H29N3O2S/c1-17-6-7-18(2)19(13-17)15-26-16-20(29-22-5-3-4-8-24-22)14-21(26)23(27)25-9-11-28-12-10-25/h3-8,13,20-21H,9-12,14-16H2,1-2H3/t20-,21-/m0/s1. The first-order valence-corrected chi connectivity index (χ1v) is 11.2. The molecule has 2 aliphatic rings. The van der Waals surface area contributed by atoms with Gasteiger partial charge in [-0.2, -0.15) is 0 Å². The molecule has 5 nitrogen and oxygen atoms in total. The molecule has 0 aliphatic carbocycles. The summed E-state index contributed by atoms with van der Waals surface area (Å²) < 4.78 is 5.44. The lowest BCUT2D eigenvalue weighted by Crippen LogP contribution is -2.49. The maximum Gasteiger partial charge on any atom is 0.240 e. The van der Waals surface area contributed by atoms with Crippen molar-refractivity contribution in [3.63, 3.8) is 0 Å².